The highest BCUT2D eigenvalue weighted by molar-refractivity contribution is 5.98. The van der Waals surface area contributed by atoms with Crippen molar-refractivity contribution < 1.29 is 27.2 Å². The van der Waals surface area contributed by atoms with Crippen LogP contribution in [0.4, 0.5) is 23.2 Å². The summed E-state index contributed by atoms with van der Waals surface area (Å²) in [7, 11) is 0. The molecule has 0 N–H and O–H groups in total. The quantitative estimate of drug-likeness (QED) is 0.512. The van der Waals surface area contributed by atoms with Crippen LogP contribution >= 0.6 is 0 Å². The maximum absolute atomic E-state index is 14.1. The van der Waals surface area contributed by atoms with Crippen molar-refractivity contribution in [2.45, 2.75) is 19.3 Å². The van der Waals surface area contributed by atoms with E-state index in [1.54, 1.807) is 29.2 Å². The van der Waals surface area contributed by atoms with Gasteiger partial charge < -0.3 is 14.7 Å². The van der Waals surface area contributed by atoms with E-state index in [9.17, 15) is 27.2 Å². The highest BCUT2D eigenvalue weighted by atomic mass is 19.4. The number of aromatic nitrogens is 2. The smallest absolute Gasteiger partial charge is 0.366 e. The lowest BCUT2D eigenvalue weighted by Crippen LogP contribution is -2.49. The zero-order valence-electron chi connectivity index (χ0n) is 19.2. The molecule has 11 heteroatoms. The number of amides is 2. The molecule has 1 aromatic heterocycles. The van der Waals surface area contributed by atoms with Crippen LogP contribution in [-0.4, -0.2) is 64.1 Å². The molecule has 1 fully saturated rings. The van der Waals surface area contributed by atoms with Gasteiger partial charge in [-0.25, -0.2) is 4.39 Å². The van der Waals surface area contributed by atoms with Gasteiger partial charge in [-0.15, -0.1) is 0 Å². The normalized spacial score (nSPS) is 16.3. The van der Waals surface area contributed by atoms with E-state index < -0.39 is 17.6 Å². The minimum absolute atomic E-state index is 0.0230. The lowest BCUT2D eigenvalue weighted by atomic mass is 10.1. The number of carbonyl (C=O) groups is 2. The van der Waals surface area contributed by atoms with Gasteiger partial charge in [-0.1, -0.05) is 24.3 Å². The molecule has 0 saturated carbocycles. The van der Waals surface area contributed by atoms with Crippen LogP contribution < -0.4 is 4.90 Å². The predicted octanol–water partition coefficient (Wildman–Crippen LogP) is 3.66. The first-order valence-corrected chi connectivity index (χ1v) is 11.5. The molecular weight excluding hydrogens is 478 g/mol. The monoisotopic (exact) mass is 501 g/mol. The first kappa shape index (κ1) is 23.8. The Kier molecular flexibility index (Phi) is 6.15. The lowest BCUT2D eigenvalue weighted by Gasteiger charge is -2.35. The highest BCUT2D eigenvalue weighted by Crippen LogP contribution is 2.30. The fourth-order valence-corrected chi connectivity index (χ4v) is 4.58. The van der Waals surface area contributed by atoms with Crippen molar-refractivity contribution in [1.82, 2.24) is 19.6 Å². The predicted molar refractivity (Wildman–Crippen MR) is 123 cm³/mol. The van der Waals surface area contributed by atoms with E-state index >= 15 is 0 Å². The van der Waals surface area contributed by atoms with Crippen molar-refractivity contribution in [3.63, 3.8) is 0 Å². The van der Waals surface area contributed by atoms with Crippen LogP contribution in [-0.2, 0) is 19.3 Å². The third-order valence-corrected chi connectivity index (χ3v) is 6.47. The number of alkyl halides is 3. The molecular formula is C25H23F4N5O2. The second-order valence-electron chi connectivity index (χ2n) is 8.79. The number of anilines is 1. The Morgan fingerprint density at radius 1 is 0.917 bits per heavy atom. The van der Waals surface area contributed by atoms with E-state index in [-0.39, 0.29) is 36.2 Å². The Morgan fingerprint density at radius 3 is 2.39 bits per heavy atom. The van der Waals surface area contributed by atoms with Crippen LogP contribution in [0, 0.1) is 5.82 Å². The fourth-order valence-electron chi connectivity index (χ4n) is 4.58. The summed E-state index contributed by atoms with van der Waals surface area (Å²) >= 11 is 0. The Balaban J connectivity index is 1.25. The van der Waals surface area contributed by atoms with Crippen LogP contribution in [0.5, 0.6) is 0 Å². The van der Waals surface area contributed by atoms with Gasteiger partial charge in [-0.2, -0.15) is 18.3 Å². The van der Waals surface area contributed by atoms with Gasteiger partial charge in [0.1, 0.15) is 11.5 Å². The molecule has 188 valence electrons. The van der Waals surface area contributed by atoms with Crippen LogP contribution in [0.25, 0.3) is 0 Å². The molecule has 0 bridgehead atoms. The number of hydrogen-bond acceptors (Lipinski definition) is 4. The van der Waals surface area contributed by atoms with Gasteiger partial charge in [-0.05, 0) is 29.8 Å². The van der Waals surface area contributed by atoms with E-state index in [1.165, 1.54) is 27.8 Å². The maximum Gasteiger partial charge on any atom is 0.416 e. The number of hydrogen-bond donors (Lipinski definition) is 0. The largest absolute Gasteiger partial charge is 0.416 e. The zero-order chi connectivity index (χ0) is 25.4. The Labute approximate surface area is 204 Å². The SMILES string of the molecule is O=C(c1cc2n(n1)CCN(Cc1cccc(C(F)(F)F)c1)C2=O)N1CCN(c2ccccc2F)CC1. The number of halogens is 4. The number of benzene rings is 2. The van der Waals surface area contributed by atoms with Gasteiger partial charge in [0, 0.05) is 45.3 Å². The molecule has 36 heavy (non-hydrogen) atoms. The summed E-state index contributed by atoms with van der Waals surface area (Å²) in [5.74, 6) is -1.02. The number of para-hydroxylation sites is 1. The first-order chi connectivity index (χ1) is 17.2. The second-order valence-corrected chi connectivity index (χ2v) is 8.79. The van der Waals surface area contributed by atoms with E-state index in [1.807, 2.05) is 4.90 Å². The molecule has 0 aliphatic carbocycles. The summed E-state index contributed by atoms with van der Waals surface area (Å²) in [5, 5.41) is 4.31. The van der Waals surface area contributed by atoms with Crippen molar-refractivity contribution in [3.05, 3.63) is 82.9 Å². The number of rotatable bonds is 4. The van der Waals surface area contributed by atoms with Crippen LogP contribution in [0.1, 0.15) is 32.1 Å². The van der Waals surface area contributed by atoms with Crippen molar-refractivity contribution in [3.8, 4) is 0 Å². The zero-order valence-corrected chi connectivity index (χ0v) is 19.2. The molecule has 2 amide bonds. The van der Waals surface area contributed by atoms with Gasteiger partial charge in [0.25, 0.3) is 11.8 Å². The van der Waals surface area contributed by atoms with Crippen LogP contribution in [0.2, 0.25) is 0 Å². The molecule has 2 aliphatic rings. The minimum atomic E-state index is -4.46. The van der Waals surface area contributed by atoms with Gasteiger partial charge in [0.05, 0.1) is 17.8 Å². The Morgan fingerprint density at radius 2 is 1.67 bits per heavy atom. The van der Waals surface area contributed by atoms with Crippen molar-refractivity contribution >= 4 is 17.5 Å². The Hall–Kier alpha value is -3.89. The molecule has 0 unspecified atom stereocenters. The van der Waals surface area contributed by atoms with Gasteiger partial charge in [-0.3, -0.25) is 14.3 Å². The molecule has 7 nitrogen and oxygen atoms in total. The number of carbonyl (C=O) groups excluding carboxylic acids is 2. The molecule has 0 atom stereocenters. The van der Waals surface area contributed by atoms with E-state index in [4.69, 9.17) is 0 Å². The van der Waals surface area contributed by atoms with Crippen LogP contribution in [0.15, 0.2) is 54.6 Å². The number of piperazine rings is 1. The van der Waals surface area contributed by atoms with E-state index in [2.05, 4.69) is 5.10 Å². The Bertz CT molecular complexity index is 1300. The van der Waals surface area contributed by atoms with Gasteiger partial charge in [0.15, 0.2) is 5.69 Å². The summed E-state index contributed by atoms with van der Waals surface area (Å²) in [6.45, 7) is 2.30. The average Bonchev–Trinajstić information content (AvgIpc) is 3.31. The average molecular weight is 501 g/mol. The lowest BCUT2D eigenvalue weighted by molar-refractivity contribution is -0.137. The summed E-state index contributed by atoms with van der Waals surface area (Å²) in [4.78, 5) is 31.0. The van der Waals surface area contributed by atoms with Gasteiger partial charge in [0.2, 0.25) is 0 Å². The summed E-state index contributed by atoms with van der Waals surface area (Å²) < 4.78 is 54.6. The molecule has 5 rings (SSSR count). The standard InChI is InChI=1S/C25H23F4N5O2/c26-19-6-1-2-7-21(19)31-8-10-32(11-9-31)23(35)20-15-22-24(36)33(12-13-34(22)30-20)16-17-4-3-5-18(14-17)25(27,28)29/h1-7,14-15H,8-13,16H2. The second kappa shape index (κ2) is 9.29. The summed E-state index contributed by atoms with van der Waals surface area (Å²) in [5.41, 5.74) is 0.460. The first-order valence-electron chi connectivity index (χ1n) is 11.5. The third kappa shape index (κ3) is 4.65. The van der Waals surface area contributed by atoms with Crippen LogP contribution in [0.3, 0.4) is 0 Å². The molecule has 3 aromatic rings. The van der Waals surface area contributed by atoms with E-state index in [0.29, 0.717) is 44.0 Å². The van der Waals surface area contributed by atoms with Crippen molar-refractivity contribution in [1.29, 1.82) is 0 Å². The fraction of sp³-hybridized carbons (Fsp3) is 0.320. The molecule has 0 spiro atoms. The third-order valence-electron chi connectivity index (χ3n) is 6.47. The summed E-state index contributed by atoms with van der Waals surface area (Å²) in [6, 6.07) is 12.8. The van der Waals surface area contributed by atoms with E-state index in [0.717, 1.165) is 12.1 Å². The topological polar surface area (TPSA) is 61.7 Å². The summed E-state index contributed by atoms with van der Waals surface area (Å²) in [6.07, 6.45) is -4.46. The highest BCUT2D eigenvalue weighted by Gasteiger charge is 2.32. The molecule has 2 aromatic carbocycles. The minimum Gasteiger partial charge on any atom is -0.366 e. The molecule has 0 radical (unpaired) electrons. The van der Waals surface area contributed by atoms with Gasteiger partial charge >= 0.3 is 6.18 Å². The number of fused-ring (bicyclic) bond motifs is 1. The number of nitrogens with zero attached hydrogens (tertiary/aromatic N) is 5. The molecule has 3 heterocycles. The van der Waals surface area contributed by atoms with Crippen molar-refractivity contribution in [2.75, 3.05) is 37.6 Å². The maximum atomic E-state index is 14.1. The van der Waals surface area contributed by atoms with Crippen molar-refractivity contribution in [2.24, 2.45) is 0 Å². The molecule has 2 aliphatic heterocycles. The molecule has 1 saturated heterocycles.